The average Bonchev–Trinajstić information content (AvgIpc) is 2.32. The Morgan fingerprint density at radius 3 is 2.62 bits per heavy atom. The number of aliphatic carboxylic acids is 1. The fraction of sp³-hybridized carbons (Fsp3) is 0.273. The molecule has 1 aromatic rings. The number of carboxylic acids is 1. The molecule has 116 valence electrons. The third-order valence-corrected chi connectivity index (χ3v) is 3.01. The van der Waals surface area contributed by atoms with Gasteiger partial charge in [0.25, 0.3) is 0 Å². The van der Waals surface area contributed by atoms with Gasteiger partial charge in [0, 0.05) is 5.02 Å². The van der Waals surface area contributed by atoms with Gasteiger partial charge in [0.2, 0.25) is 5.91 Å². The maximum absolute atomic E-state index is 12.4. The van der Waals surface area contributed by atoms with Crippen LogP contribution in [0.1, 0.15) is 6.42 Å². The van der Waals surface area contributed by atoms with Gasteiger partial charge in [-0.05, 0) is 28.1 Å². The molecule has 6 nitrogen and oxygen atoms in total. The van der Waals surface area contributed by atoms with Gasteiger partial charge < -0.3 is 20.9 Å². The number of alkyl halides is 2. The molecule has 0 aromatic heterocycles. The SMILES string of the molecule is NC(CC(=O)O)C(=O)Nc1cc(Cl)cc(Br)c1OC(F)F. The summed E-state index contributed by atoms with van der Waals surface area (Å²) in [6.45, 7) is -3.12. The molecule has 0 fully saturated rings. The van der Waals surface area contributed by atoms with Crippen molar-refractivity contribution in [1.29, 1.82) is 0 Å². The van der Waals surface area contributed by atoms with Gasteiger partial charge >= 0.3 is 12.6 Å². The molecule has 0 bridgehead atoms. The summed E-state index contributed by atoms with van der Waals surface area (Å²) in [6.07, 6.45) is -0.612. The van der Waals surface area contributed by atoms with Crippen LogP contribution in [0.4, 0.5) is 14.5 Å². The van der Waals surface area contributed by atoms with Gasteiger partial charge in [-0.2, -0.15) is 8.78 Å². The van der Waals surface area contributed by atoms with Crippen molar-refractivity contribution in [3.63, 3.8) is 0 Å². The molecule has 1 amide bonds. The van der Waals surface area contributed by atoms with Crippen LogP contribution in [0, 0.1) is 0 Å². The molecule has 0 radical (unpaired) electrons. The number of hydrogen-bond donors (Lipinski definition) is 3. The average molecular weight is 388 g/mol. The largest absolute Gasteiger partial charge is 0.481 e. The zero-order valence-corrected chi connectivity index (χ0v) is 12.6. The van der Waals surface area contributed by atoms with Crippen molar-refractivity contribution < 1.29 is 28.2 Å². The van der Waals surface area contributed by atoms with Crippen molar-refractivity contribution in [3.05, 3.63) is 21.6 Å². The second-order valence-electron chi connectivity index (χ2n) is 3.84. The minimum absolute atomic E-state index is 0.0948. The highest BCUT2D eigenvalue weighted by atomic mass is 79.9. The lowest BCUT2D eigenvalue weighted by Crippen LogP contribution is -2.37. The predicted molar refractivity (Wildman–Crippen MR) is 74.6 cm³/mol. The first-order valence-electron chi connectivity index (χ1n) is 5.42. The molecule has 0 saturated carbocycles. The molecule has 0 aliphatic rings. The molecule has 0 heterocycles. The van der Waals surface area contributed by atoms with Gasteiger partial charge in [0.15, 0.2) is 5.75 Å². The van der Waals surface area contributed by atoms with Gasteiger partial charge in [0.05, 0.1) is 22.6 Å². The van der Waals surface area contributed by atoms with E-state index in [0.29, 0.717) is 0 Å². The van der Waals surface area contributed by atoms with E-state index in [1.54, 1.807) is 0 Å². The van der Waals surface area contributed by atoms with Gasteiger partial charge in [-0.15, -0.1) is 0 Å². The molecule has 0 saturated heterocycles. The summed E-state index contributed by atoms with van der Waals surface area (Å²) in [4.78, 5) is 22.2. The Kier molecular flexibility index (Phi) is 6.31. The van der Waals surface area contributed by atoms with E-state index in [0.717, 1.165) is 0 Å². The predicted octanol–water partition coefficient (Wildman–Crippen LogP) is 2.44. The van der Waals surface area contributed by atoms with Crippen LogP contribution in [0.2, 0.25) is 5.02 Å². The highest BCUT2D eigenvalue weighted by Gasteiger charge is 2.21. The molecule has 0 spiro atoms. The van der Waals surface area contributed by atoms with Gasteiger partial charge in [0.1, 0.15) is 0 Å². The number of hydrogen-bond acceptors (Lipinski definition) is 4. The quantitative estimate of drug-likeness (QED) is 0.696. The number of carbonyl (C=O) groups is 2. The maximum atomic E-state index is 12.4. The Labute approximate surface area is 131 Å². The Hall–Kier alpha value is -1.45. The Morgan fingerprint density at radius 2 is 2.10 bits per heavy atom. The molecular weight excluding hydrogens is 377 g/mol. The minimum atomic E-state index is -3.12. The van der Waals surface area contributed by atoms with E-state index < -0.39 is 31.0 Å². The fourth-order valence-corrected chi connectivity index (χ4v) is 2.27. The number of halogens is 4. The summed E-state index contributed by atoms with van der Waals surface area (Å²) in [5.41, 5.74) is 5.21. The summed E-state index contributed by atoms with van der Waals surface area (Å²) < 4.78 is 29.1. The van der Waals surface area contributed by atoms with Crippen molar-refractivity contribution in [3.8, 4) is 5.75 Å². The van der Waals surface area contributed by atoms with Crippen molar-refractivity contribution in [1.82, 2.24) is 0 Å². The van der Waals surface area contributed by atoms with E-state index in [1.165, 1.54) is 12.1 Å². The Balaban J connectivity index is 3.00. The fourth-order valence-electron chi connectivity index (χ4n) is 1.37. The molecule has 0 aliphatic carbocycles. The van der Waals surface area contributed by atoms with E-state index in [4.69, 9.17) is 22.4 Å². The first-order chi connectivity index (χ1) is 9.70. The third kappa shape index (κ3) is 5.44. The number of benzene rings is 1. The van der Waals surface area contributed by atoms with Crippen LogP contribution in [0.3, 0.4) is 0 Å². The third-order valence-electron chi connectivity index (χ3n) is 2.20. The van der Waals surface area contributed by atoms with Gasteiger partial charge in [-0.1, -0.05) is 11.6 Å². The van der Waals surface area contributed by atoms with Crippen LogP contribution in [0.25, 0.3) is 0 Å². The molecule has 1 unspecified atom stereocenters. The molecule has 21 heavy (non-hydrogen) atoms. The smallest absolute Gasteiger partial charge is 0.387 e. The number of nitrogens with two attached hydrogens (primary N) is 1. The zero-order valence-electron chi connectivity index (χ0n) is 10.3. The number of nitrogens with one attached hydrogen (secondary N) is 1. The summed E-state index contributed by atoms with van der Waals surface area (Å²) in [6, 6.07) is 1.13. The zero-order chi connectivity index (χ0) is 16.2. The minimum Gasteiger partial charge on any atom is -0.481 e. The summed E-state index contributed by atoms with van der Waals surface area (Å²) >= 11 is 8.73. The maximum Gasteiger partial charge on any atom is 0.387 e. The number of ether oxygens (including phenoxy) is 1. The standard InChI is InChI=1S/C11H10BrClF2N2O4/c12-5-1-4(13)2-7(9(5)21-11(14)15)17-10(20)6(16)3-8(18)19/h1-2,6,11H,3,16H2,(H,17,20)(H,18,19). The summed E-state index contributed by atoms with van der Waals surface area (Å²) in [7, 11) is 0. The van der Waals surface area contributed by atoms with E-state index in [9.17, 15) is 18.4 Å². The van der Waals surface area contributed by atoms with Crippen molar-refractivity contribution in [2.75, 3.05) is 5.32 Å². The lowest BCUT2D eigenvalue weighted by Gasteiger charge is -2.16. The Morgan fingerprint density at radius 1 is 1.48 bits per heavy atom. The summed E-state index contributed by atoms with van der Waals surface area (Å²) in [5.74, 6) is -2.48. The van der Waals surface area contributed by atoms with Crippen LogP contribution in [0.5, 0.6) is 5.75 Å². The van der Waals surface area contributed by atoms with E-state index in [-0.39, 0.29) is 20.9 Å². The second kappa shape index (κ2) is 7.53. The number of anilines is 1. The van der Waals surface area contributed by atoms with Crippen LogP contribution in [0.15, 0.2) is 16.6 Å². The van der Waals surface area contributed by atoms with Crippen LogP contribution >= 0.6 is 27.5 Å². The molecule has 1 aromatic carbocycles. The molecule has 10 heteroatoms. The molecular formula is C11H10BrClF2N2O4. The number of carboxylic acid groups (broad SMARTS) is 1. The molecule has 0 aliphatic heterocycles. The normalized spacial score (nSPS) is 12.1. The molecule has 1 rings (SSSR count). The lowest BCUT2D eigenvalue weighted by molar-refractivity contribution is -0.138. The lowest BCUT2D eigenvalue weighted by atomic mass is 10.2. The second-order valence-corrected chi connectivity index (χ2v) is 5.13. The van der Waals surface area contributed by atoms with Crippen molar-refractivity contribution in [2.24, 2.45) is 5.73 Å². The highest BCUT2D eigenvalue weighted by molar-refractivity contribution is 9.10. The van der Waals surface area contributed by atoms with E-state index in [1.807, 2.05) is 0 Å². The van der Waals surface area contributed by atoms with Crippen LogP contribution < -0.4 is 15.8 Å². The Bertz CT molecular complexity index is 559. The number of carbonyl (C=O) groups excluding carboxylic acids is 1. The van der Waals surface area contributed by atoms with E-state index in [2.05, 4.69) is 26.0 Å². The monoisotopic (exact) mass is 386 g/mol. The number of rotatable bonds is 6. The first-order valence-corrected chi connectivity index (χ1v) is 6.60. The highest BCUT2D eigenvalue weighted by Crippen LogP contribution is 2.37. The van der Waals surface area contributed by atoms with Gasteiger partial charge in [-0.3, -0.25) is 9.59 Å². The number of amides is 1. The van der Waals surface area contributed by atoms with Crippen molar-refractivity contribution in [2.45, 2.75) is 19.1 Å². The van der Waals surface area contributed by atoms with Crippen molar-refractivity contribution >= 4 is 45.1 Å². The van der Waals surface area contributed by atoms with Crippen LogP contribution in [-0.2, 0) is 9.59 Å². The van der Waals surface area contributed by atoms with Gasteiger partial charge in [-0.25, -0.2) is 0 Å². The van der Waals surface area contributed by atoms with E-state index >= 15 is 0 Å². The molecule has 1 atom stereocenters. The summed E-state index contributed by atoms with van der Waals surface area (Å²) in [5, 5.41) is 10.9. The molecule has 4 N–H and O–H groups in total. The topological polar surface area (TPSA) is 102 Å². The first kappa shape index (κ1) is 17.6. The van der Waals surface area contributed by atoms with Crippen LogP contribution in [-0.4, -0.2) is 29.6 Å².